The first kappa shape index (κ1) is 50.3. The highest BCUT2D eigenvalue weighted by Crippen LogP contribution is 2.21. The van der Waals surface area contributed by atoms with E-state index in [2.05, 4.69) is 21.6 Å². The topological polar surface area (TPSA) is 167 Å². The zero-order valence-corrected chi connectivity index (χ0v) is 36.2. The molecule has 0 aliphatic carbocycles. The average Bonchev–Trinajstić information content (AvgIpc) is 3.78. The zero-order valence-electron chi connectivity index (χ0n) is 36.2. The van der Waals surface area contributed by atoms with Crippen LogP contribution in [0.4, 0.5) is 0 Å². The van der Waals surface area contributed by atoms with E-state index in [1.165, 1.54) is 12.5 Å². The monoisotopic (exact) mass is 856 g/mol. The van der Waals surface area contributed by atoms with Crippen LogP contribution < -0.4 is 0 Å². The molecule has 4 atom stereocenters. The Balaban J connectivity index is 0.000000210. The molecule has 0 radical (unpaired) electrons. The standard InChI is InChI=1S/2C11H10O3.C11H14O.C10H12O2.C9H10O2/c2*12-10-7-9(11(13)14-10)6-8-4-2-1-3-5-8;1-9(10(2)12)8-11-6-4-3-5-7-11;1-8(10(11)12)7-9-5-3-2-4-6-9;1-8(10)11-7-9-5-3-2-4-6-9/h2*1-5,9H,6-7H2;3-7,9H,8H2,1-2H3;2-6,8H,7H2,1H3,(H,11,12);2-6H,7H2,1H3/t9-;;9-;8-;/m1.10./s1. The Kier molecular flexibility index (Phi) is 22.2. The van der Waals surface area contributed by atoms with E-state index in [1.54, 1.807) is 13.8 Å². The predicted octanol–water partition coefficient (Wildman–Crippen LogP) is 8.79. The van der Waals surface area contributed by atoms with Crippen molar-refractivity contribution >= 4 is 41.6 Å². The lowest BCUT2D eigenvalue weighted by atomic mass is 9.98. The summed E-state index contributed by atoms with van der Waals surface area (Å²) in [6, 6.07) is 48.6. The molecule has 11 heteroatoms. The summed E-state index contributed by atoms with van der Waals surface area (Å²) >= 11 is 0. The second-order valence-corrected chi connectivity index (χ2v) is 15.2. The quantitative estimate of drug-likeness (QED) is 0.0724. The SMILES string of the molecule is CC(=O)OCc1ccccc1.CC(=O)[C@H](C)Cc1ccccc1.C[C@@H](Cc1ccccc1)C(=O)O.O=C1CC(Cc2ccccc2)C(=O)O1.O=C1C[C@@H](Cc2ccccc2)C(=O)O1. The van der Waals surface area contributed by atoms with E-state index in [1.807, 2.05) is 146 Å². The Hall–Kier alpha value is -7.01. The molecule has 0 aromatic heterocycles. The van der Waals surface area contributed by atoms with Gasteiger partial charge in [-0.05, 0) is 60.4 Å². The fourth-order valence-corrected chi connectivity index (χ4v) is 6.08. The van der Waals surface area contributed by atoms with Crippen molar-refractivity contribution in [2.45, 2.75) is 72.8 Å². The maximum Gasteiger partial charge on any atom is 0.317 e. The molecule has 2 aliphatic heterocycles. The van der Waals surface area contributed by atoms with Crippen LogP contribution in [-0.2, 0) is 80.1 Å². The van der Waals surface area contributed by atoms with Gasteiger partial charge in [0.15, 0.2) is 0 Å². The summed E-state index contributed by atoms with van der Waals surface area (Å²) in [5.74, 6) is -3.04. The number of rotatable bonds is 12. The van der Waals surface area contributed by atoms with Crippen molar-refractivity contribution in [3.8, 4) is 0 Å². The van der Waals surface area contributed by atoms with Crippen LogP contribution in [-0.4, -0.2) is 46.7 Å². The van der Waals surface area contributed by atoms with E-state index < -0.39 is 17.9 Å². The first-order valence-corrected chi connectivity index (χ1v) is 20.7. The predicted molar refractivity (Wildman–Crippen MR) is 238 cm³/mol. The van der Waals surface area contributed by atoms with Crippen LogP contribution in [0.5, 0.6) is 0 Å². The molecule has 1 unspecified atom stereocenters. The van der Waals surface area contributed by atoms with Gasteiger partial charge in [0.1, 0.15) is 12.4 Å². The number of Topliss-reactive ketones (excluding diaryl/α,β-unsaturated/α-hetero) is 1. The van der Waals surface area contributed by atoms with Gasteiger partial charge in [-0.2, -0.15) is 0 Å². The van der Waals surface area contributed by atoms with Crippen LogP contribution in [0, 0.1) is 23.7 Å². The van der Waals surface area contributed by atoms with Gasteiger partial charge in [-0.1, -0.05) is 166 Å². The van der Waals surface area contributed by atoms with Crippen molar-refractivity contribution in [1.82, 2.24) is 0 Å². The van der Waals surface area contributed by atoms with Crippen molar-refractivity contribution in [3.63, 3.8) is 0 Å². The van der Waals surface area contributed by atoms with Gasteiger partial charge in [0, 0.05) is 12.8 Å². The van der Waals surface area contributed by atoms with Crippen LogP contribution in [0.3, 0.4) is 0 Å². The summed E-state index contributed by atoms with van der Waals surface area (Å²) in [5, 5.41) is 8.64. The van der Waals surface area contributed by atoms with Gasteiger partial charge in [0.25, 0.3) is 0 Å². The molecule has 1 N–H and O–H groups in total. The molecule has 330 valence electrons. The van der Waals surface area contributed by atoms with E-state index in [4.69, 9.17) is 9.84 Å². The molecule has 0 spiro atoms. The second kappa shape index (κ2) is 27.8. The third-order valence-electron chi connectivity index (χ3n) is 9.74. The van der Waals surface area contributed by atoms with Crippen LogP contribution in [0.1, 0.15) is 68.4 Å². The Labute approximate surface area is 369 Å². The molecule has 0 amide bonds. The molecular weight excluding hydrogens is 801 g/mol. The molecule has 2 fully saturated rings. The molecule has 5 aromatic carbocycles. The number of hydrogen-bond donors (Lipinski definition) is 1. The Bertz CT molecular complexity index is 2040. The summed E-state index contributed by atoms with van der Waals surface area (Å²) in [6.07, 6.45) is 3.07. The van der Waals surface area contributed by atoms with E-state index in [0.29, 0.717) is 25.9 Å². The van der Waals surface area contributed by atoms with E-state index >= 15 is 0 Å². The Morgan fingerprint density at radius 3 is 1.13 bits per heavy atom. The van der Waals surface area contributed by atoms with E-state index in [0.717, 1.165) is 28.7 Å². The minimum absolute atomic E-state index is 0.146. The highest BCUT2D eigenvalue weighted by molar-refractivity contribution is 5.95. The normalized spacial score (nSPS) is 15.7. The van der Waals surface area contributed by atoms with Crippen LogP contribution in [0.25, 0.3) is 0 Å². The second-order valence-electron chi connectivity index (χ2n) is 15.2. The molecule has 2 aliphatic rings. The molecule has 5 aromatic rings. The van der Waals surface area contributed by atoms with Gasteiger partial charge in [0.2, 0.25) is 0 Å². The highest BCUT2D eigenvalue weighted by Gasteiger charge is 2.34. The fourth-order valence-electron chi connectivity index (χ4n) is 6.08. The van der Waals surface area contributed by atoms with Crippen molar-refractivity contribution in [2.24, 2.45) is 23.7 Å². The fraction of sp³-hybridized carbons (Fsp3) is 0.288. The van der Waals surface area contributed by atoms with Crippen molar-refractivity contribution in [3.05, 3.63) is 179 Å². The van der Waals surface area contributed by atoms with E-state index in [-0.39, 0.29) is 60.2 Å². The molecule has 63 heavy (non-hydrogen) atoms. The number of benzene rings is 5. The lowest BCUT2D eigenvalue weighted by Crippen LogP contribution is -2.11. The number of esters is 5. The summed E-state index contributed by atoms with van der Waals surface area (Å²) in [4.78, 5) is 75.8. The van der Waals surface area contributed by atoms with Gasteiger partial charge in [-0.25, -0.2) is 0 Å². The van der Waals surface area contributed by atoms with E-state index in [9.17, 15) is 33.6 Å². The van der Waals surface area contributed by atoms with Gasteiger partial charge in [-0.15, -0.1) is 0 Å². The summed E-state index contributed by atoms with van der Waals surface area (Å²) in [6.45, 7) is 7.11. The van der Waals surface area contributed by atoms with Crippen LogP contribution in [0.15, 0.2) is 152 Å². The Morgan fingerprint density at radius 1 is 0.524 bits per heavy atom. The molecular formula is C52H56O11. The van der Waals surface area contributed by atoms with Gasteiger partial charge in [0.05, 0.1) is 30.6 Å². The zero-order chi connectivity index (χ0) is 46.0. The van der Waals surface area contributed by atoms with Crippen LogP contribution in [0.2, 0.25) is 0 Å². The molecule has 0 bridgehead atoms. The van der Waals surface area contributed by atoms with Crippen LogP contribution >= 0.6 is 0 Å². The van der Waals surface area contributed by atoms with Crippen molar-refractivity contribution in [2.75, 3.05) is 0 Å². The molecule has 11 nitrogen and oxygen atoms in total. The first-order chi connectivity index (χ1) is 30.2. The minimum atomic E-state index is -0.737. The number of carboxylic acids is 1. The summed E-state index contributed by atoms with van der Waals surface area (Å²) < 4.78 is 13.7. The number of carboxylic acid groups (broad SMARTS) is 1. The number of aliphatic carboxylic acids is 1. The number of ketones is 1. The lowest BCUT2D eigenvalue weighted by Gasteiger charge is -2.06. The van der Waals surface area contributed by atoms with Gasteiger partial charge in [-0.3, -0.25) is 33.6 Å². The first-order valence-electron chi connectivity index (χ1n) is 20.7. The van der Waals surface area contributed by atoms with Crippen molar-refractivity contribution < 1.29 is 52.9 Å². The molecule has 2 heterocycles. The van der Waals surface area contributed by atoms with Crippen molar-refractivity contribution in [1.29, 1.82) is 0 Å². The number of carbonyl (C=O) groups is 7. The molecule has 7 rings (SSSR count). The summed E-state index contributed by atoms with van der Waals surface area (Å²) in [5.41, 5.74) is 5.45. The maximum absolute atomic E-state index is 11.1. The van der Waals surface area contributed by atoms with Gasteiger partial charge >= 0.3 is 35.8 Å². The number of cyclic esters (lactones) is 4. The highest BCUT2D eigenvalue weighted by atomic mass is 16.6. The minimum Gasteiger partial charge on any atom is -0.481 e. The average molecular weight is 857 g/mol. The molecule has 2 saturated heterocycles. The summed E-state index contributed by atoms with van der Waals surface area (Å²) in [7, 11) is 0. The number of ether oxygens (including phenoxy) is 3. The molecule has 0 saturated carbocycles. The smallest absolute Gasteiger partial charge is 0.317 e. The largest absolute Gasteiger partial charge is 0.481 e. The van der Waals surface area contributed by atoms with Gasteiger partial charge < -0.3 is 19.3 Å². The third-order valence-corrected chi connectivity index (χ3v) is 9.74. The Morgan fingerprint density at radius 2 is 0.841 bits per heavy atom. The lowest BCUT2D eigenvalue weighted by molar-refractivity contribution is -0.154. The number of hydrogen-bond acceptors (Lipinski definition) is 10. The number of carbonyl (C=O) groups excluding carboxylic acids is 6. The maximum atomic E-state index is 11.1. The third kappa shape index (κ3) is 20.9.